The van der Waals surface area contributed by atoms with Gasteiger partial charge in [-0.15, -0.1) is 6.07 Å². The number of hydrogen-bond acceptors (Lipinski definition) is 3. The summed E-state index contributed by atoms with van der Waals surface area (Å²) in [4.78, 5) is 0. The molecule has 4 nitrogen and oxygen atoms in total. The highest BCUT2D eigenvalue weighted by Gasteiger charge is 2.63. The van der Waals surface area contributed by atoms with Crippen LogP contribution in [0.15, 0.2) is 60.7 Å². The van der Waals surface area contributed by atoms with Crippen LogP contribution < -0.4 is 19.3 Å². The van der Waals surface area contributed by atoms with Crippen LogP contribution in [0.2, 0.25) is 10.1 Å². The minimum absolute atomic E-state index is 0.215. The number of ether oxygens (including phenoxy) is 1. The highest BCUT2D eigenvalue weighted by molar-refractivity contribution is 6.74. The Kier molecular flexibility index (Phi) is 5.97. The molecule has 0 bridgehead atoms. The predicted molar refractivity (Wildman–Crippen MR) is 152 cm³/mol. The average molecular weight is 511 g/mol. The second-order valence-electron chi connectivity index (χ2n) is 11.7. The Labute approximate surface area is 219 Å². The van der Waals surface area contributed by atoms with Crippen molar-refractivity contribution in [2.45, 2.75) is 51.6 Å². The molecule has 190 valence electrons. The molecule has 0 spiro atoms. The Bertz CT molecular complexity index is 1770. The molecule has 0 N–H and O–H groups in total. The topological polar surface area (TPSA) is 39.0 Å². The second-order valence-corrected chi connectivity index (χ2v) is 16.3. The van der Waals surface area contributed by atoms with Gasteiger partial charge < -0.3 is 13.6 Å². The molecule has 5 rings (SSSR count). The fourth-order valence-electron chi connectivity index (χ4n) is 5.72. The quantitative estimate of drug-likeness (QED) is 0.178. The van der Waals surface area contributed by atoms with E-state index in [2.05, 4.69) is 102 Å². The molecule has 0 aromatic heterocycles. The normalized spacial score (nSPS) is 15.2. The van der Waals surface area contributed by atoms with Crippen LogP contribution in [0.5, 0.6) is 11.5 Å². The first kappa shape index (κ1) is 25.1. The Hall–Kier alpha value is -3.53. The zero-order valence-corrected chi connectivity index (χ0v) is 23.9. The van der Waals surface area contributed by atoms with Crippen LogP contribution >= 0.6 is 0 Å². The number of carbonyl (C=O) groups excluding carboxylic acids is 1. The van der Waals surface area contributed by atoms with Gasteiger partial charge in [-0.05, 0) is 46.7 Å². The lowest BCUT2D eigenvalue weighted by Gasteiger charge is -2.47. The van der Waals surface area contributed by atoms with Crippen LogP contribution in [-0.4, -0.2) is 28.7 Å². The van der Waals surface area contributed by atoms with Gasteiger partial charge in [0.25, 0.3) is 7.11 Å². The molecule has 4 aromatic carbocycles. The van der Waals surface area contributed by atoms with Crippen molar-refractivity contribution in [2.75, 3.05) is 14.2 Å². The molecule has 0 saturated carbocycles. The minimum atomic E-state index is -2.95. The van der Waals surface area contributed by atoms with Gasteiger partial charge in [0.05, 0.1) is 7.11 Å². The van der Waals surface area contributed by atoms with Crippen molar-refractivity contribution in [1.29, 1.82) is 0 Å². The summed E-state index contributed by atoms with van der Waals surface area (Å²) in [5.74, 6) is 4.67. The average Bonchev–Trinajstić information content (AvgIpc) is 2.99. The summed E-state index contributed by atoms with van der Waals surface area (Å²) in [5, 5.41) is 7.70. The van der Waals surface area contributed by atoms with Crippen molar-refractivity contribution in [1.82, 2.24) is 0 Å². The maximum atomic E-state index is 7.22. The summed E-state index contributed by atoms with van der Waals surface area (Å²) in [6.07, 6.45) is 2.98. The number of rotatable bonds is 1. The molecule has 0 unspecified atom stereocenters. The molecule has 1 aliphatic heterocycles. The molecule has 4 aromatic rings. The summed E-state index contributed by atoms with van der Waals surface area (Å²) < 4.78 is 24.9. The summed E-state index contributed by atoms with van der Waals surface area (Å²) in [6, 6.07) is 20.9. The van der Waals surface area contributed by atoms with Crippen LogP contribution in [0, 0.1) is 10.4 Å². The van der Waals surface area contributed by atoms with E-state index in [1.165, 1.54) is 0 Å². The van der Waals surface area contributed by atoms with Gasteiger partial charge in [-0.3, -0.25) is 0 Å². The fraction of sp³-hybridized carbons (Fsp3) is 0.312. The van der Waals surface area contributed by atoms with Crippen molar-refractivity contribution in [3.05, 3.63) is 81.5 Å². The second kappa shape index (κ2) is 8.79. The van der Waals surface area contributed by atoms with Gasteiger partial charge in [-0.1, -0.05) is 65.1 Å². The molecule has 1 aliphatic rings. The van der Waals surface area contributed by atoms with E-state index in [9.17, 15) is 0 Å². The van der Waals surface area contributed by atoms with Crippen molar-refractivity contribution in [3.8, 4) is 11.5 Å². The third-order valence-corrected chi connectivity index (χ3v) is 12.1. The standard InChI is InChI=1S/C32H34O4Si/c1-31(2,3)37(32(4,5)6)35-27-15-13-23-11-9-21(19-33-7)17-25(23)29(27)30-26-18-22(20-34-8)10-12-24(26)14-16-28(30)36-37/h9-18H,1-8H3. The zero-order chi connectivity index (χ0) is 26.6. The molecule has 0 amide bonds. The van der Waals surface area contributed by atoms with Crippen molar-refractivity contribution >= 4 is 42.3 Å². The van der Waals surface area contributed by atoms with Gasteiger partial charge in [-0.2, -0.15) is 17.4 Å². The molecular weight excluding hydrogens is 476 g/mol. The summed E-state index contributed by atoms with van der Waals surface area (Å²) in [5.41, 5.74) is 0. The first-order chi connectivity index (χ1) is 17.5. The van der Waals surface area contributed by atoms with E-state index < -0.39 is 8.56 Å². The summed E-state index contributed by atoms with van der Waals surface area (Å²) in [6.45, 7) is 13.4. The summed E-state index contributed by atoms with van der Waals surface area (Å²) >= 11 is 0. The Balaban J connectivity index is 2.12. The maximum absolute atomic E-state index is 7.22. The third-order valence-electron chi connectivity index (χ3n) is 7.14. The lowest BCUT2D eigenvalue weighted by atomic mass is 10.0. The number of benzene rings is 4. The van der Waals surface area contributed by atoms with Crippen LogP contribution in [0.25, 0.3) is 27.8 Å². The van der Waals surface area contributed by atoms with E-state index in [1.807, 2.05) is 12.1 Å². The highest BCUT2D eigenvalue weighted by Crippen LogP contribution is 2.54. The van der Waals surface area contributed by atoms with E-state index in [-0.39, 0.29) is 10.1 Å². The smallest absolute Gasteiger partial charge is 0.471 e. The number of methoxy groups -OCH3 is 1. The molecule has 0 aliphatic carbocycles. The Morgan fingerprint density at radius 3 is 1.78 bits per heavy atom. The van der Waals surface area contributed by atoms with Gasteiger partial charge in [-0.25, -0.2) is 4.42 Å². The van der Waals surface area contributed by atoms with Crippen molar-refractivity contribution in [3.63, 3.8) is 0 Å². The largest absolute Gasteiger partial charge is 0.563 e. The molecular formula is C32H34O4Si. The van der Waals surface area contributed by atoms with Gasteiger partial charge in [0.15, 0.2) is 0 Å². The van der Waals surface area contributed by atoms with Crippen LogP contribution in [0.1, 0.15) is 41.5 Å². The van der Waals surface area contributed by atoms with E-state index in [0.29, 0.717) is 0 Å². The van der Waals surface area contributed by atoms with Gasteiger partial charge in [0.1, 0.15) is 16.7 Å². The third kappa shape index (κ3) is 4.03. The molecule has 0 atom stereocenters. The van der Waals surface area contributed by atoms with E-state index in [0.717, 1.165) is 53.9 Å². The first-order valence-electron chi connectivity index (χ1n) is 12.6. The van der Waals surface area contributed by atoms with Crippen molar-refractivity contribution < 1.29 is 18.0 Å². The van der Waals surface area contributed by atoms with E-state index in [4.69, 9.17) is 18.0 Å². The van der Waals surface area contributed by atoms with E-state index in [1.54, 1.807) is 14.2 Å². The fourth-order valence-corrected chi connectivity index (χ4v) is 10.2. The lowest BCUT2D eigenvalue weighted by Crippen LogP contribution is -2.62. The Morgan fingerprint density at radius 2 is 1.27 bits per heavy atom. The molecule has 5 heteroatoms. The van der Waals surface area contributed by atoms with Crippen LogP contribution in [-0.2, 0) is 9.16 Å². The van der Waals surface area contributed by atoms with Gasteiger partial charge >= 0.3 is 14.5 Å². The monoisotopic (exact) mass is 510 g/mol. The van der Waals surface area contributed by atoms with Crippen LogP contribution in [0.3, 0.4) is 0 Å². The maximum Gasteiger partial charge on any atom is 0.471 e. The number of fused-ring (bicyclic) bond motifs is 6. The predicted octanol–water partition coefficient (Wildman–Crippen LogP) is 6.02. The Morgan fingerprint density at radius 1 is 0.757 bits per heavy atom. The van der Waals surface area contributed by atoms with Crippen LogP contribution in [0.4, 0.5) is 0 Å². The molecule has 1 heterocycles. The van der Waals surface area contributed by atoms with Gasteiger partial charge in [0, 0.05) is 20.5 Å². The zero-order valence-electron chi connectivity index (χ0n) is 22.9. The van der Waals surface area contributed by atoms with Crippen molar-refractivity contribution in [2.24, 2.45) is 0 Å². The van der Waals surface area contributed by atoms with Gasteiger partial charge in [0.2, 0.25) is 0 Å². The lowest BCUT2D eigenvalue weighted by molar-refractivity contribution is 0.188. The molecule has 37 heavy (non-hydrogen) atoms. The summed E-state index contributed by atoms with van der Waals surface area (Å²) in [7, 11) is 0.283. The molecule has 0 saturated heterocycles. The molecule has 0 radical (unpaired) electrons. The minimum Gasteiger partial charge on any atom is -0.563 e. The molecule has 0 fully saturated rings. The SMILES string of the molecule is CO[C-]=c1ccc2ccc3c(c2c1)=c1c(ccc2ccc(=C=[O+]C)cc12)O[Si](C(C)(C)C)(C(C)(C)C)O3. The van der Waals surface area contributed by atoms with E-state index >= 15 is 0 Å². The first-order valence-corrected chi connectivity index (χ1v) is 14.4. The number of hydrogen-bond donors (Lipinski definition) is 0. The highest BCUT2D eigenvalue weighted by atomic mass is 28.4.